The van der Waals surface area contributed by atoms with Crippen molar-refractivity contribution in [1.29, 1.82) is 0 Å². The molecule has 0 bridgehead atoms. The molecular formula is C15H20N2O3. The number of nitrogens with zero attached hydrogens (tertiary/aromatic N) is 2. The number of pyridine rings is 1. The quantitative estimate of drug-likeness (QED) is 0.892. The number of aromatic nitrogens is 1. The number of carboxylic acid groups (broad SMARTS) is 1. The fraction of sp³-hybridized carbons (Fsp3) is 0.533. The molecule has 0 aromatic carbocycles. The average Bonchev–Trinajstić information content (AvgIpc) is 2.94. The van der Waals surface area contributed by atoms with Gasteiger partial charge in [-0.15, -0.1) is 0 Å². The highest BCUT2D eigenvalue weighted by Crippen LogP contribution is 2.33. The van der Waals surface area contributed by atoms with E-state index in [0.29, 0.717) is 25.9 Å². The molecule has 1 aromatic rings. The second kappa shape index (κ2) is 6.50. The summed E-state index contributed by atoms with van der Waals surface area (Å²) in [5.41, 5.74) is 0.826. The summed E-state index contributed by atoms with van der Waals surface area (Å²) < 4.78 is 0. The summed E-state index contributed by atoms with van der Waals surface area (Å²) in [6.45, 7) is 2.92. The molecule has 5 nitrogen and oxygen atoms in total. The smallest absolute Gasteiger partial charge is 0.307 e. The number of rotatable bonds is 5. The first-order valence-corrected chi connectivity index (χ1v) is 7.05. The van der Waals surface area contributed by atoms with E-state index < -0.39 is 11.9 Å². The molecule has 1 aliphatic rings. The second-order valence-corrected chi connectivity index (χ2v) is 5.16. The van der Waals surface area contributed by atoms with Gasteiger partial charge < -0.3 is 10.0 Å². The summed E-state index contributed by atoms with van der Waals surface area (Å²) in [6.07, 6.45) is 3.79. The standard InChI is InChI=1S/C15H20N2O3/c1-2-17(10-11-6-3-4-9-16-11)14(18)12-7-5-8-13(12)15(19)20/h3-4,6,9,12-13H,2,5,7-8,10H2,1H3,(H,19,20)/t12-,13+/m1/s1. The predicted molar refractivity (Wildman–Crippen MR) is 73.8 cm³/mol. The van der Waals surface area contributed by atoms with Gasteiger partial charge in [-0.3, -0.25) is 14.6 Å². The monoisotopic (exact) mass is 276 g/mol. The van der Waals surface area contributed by atoms with E-state index in [-0.39, 0.29) is 11.8 Å². The van der Waals surface area contributed by atoms with Crippen molar-refractivity contribution in [2.24, 2.45) is 11.8 Å². The molecule has 0 aliphatic heterocycles. The van der Waals surface area contributed by atoms with Gasteiger partial charge in [0.05, 0.1) is 24.1 Å². The zero-order valence-corrected chi connectivity index (χ0v) is 11.7. The lowest BCUT2D eigenvalue weighted by atomic mass is 9.94. The number of hydrogen-bond donors (Lipinski definition) is 1. The molecule has 1 aromatic heterocycles. The van der Waals surface area contributed by atoms with Crippen molar-refractivity contribution in [1.82, 2.24) is 9.88 Å². The molecule has 1 N–H and O–H groups in total. The third-order valence-electron chi connectivity index (χ3n) is 3.92. The van der Waals surface area contributed by atoms with Gasteiger partial charge in [-0.1, -0.05) is 12.5 Å². The number of amides is 1. The highest BCUT2D eigenvalue weighted by molar-refractivity contribution is 5.85. The minimum atomic E-state index is -0.852. The molecule has 5 heteroatoms. The number of carbonyl (C=O) groups is 2. The molecule has 1 heterocycles. The van der Waals surface area contributed by atoms with E-state index >= 15 is 0 Å². The first-order chi connectivity index (χ1) is 9.63. The first kappa shape index (κ1) is 14.5. The van der Waals surface area contributed by atoms with E-state index in [0.717, 1.165) is 12.1 Å². The lowest BCUT2D eigenvalue weighted by molar-refractivity contribution is -0.149. The molecule has 20 heavy (non-hydrogen) atoms. The fourth-order valence-electron chi connectivity index (χ4n) is 2.82. The van der Waals surface area contributed by atoms with Gasteiger partial charge in [0.1, 0.15) is 0 Å². The van der Waals surface area contributed by atoms with E-state index in [4.69, 9.17) is 0 Å². The summed E-state index contributed by atoms with van der Waals surface area (Å²) in [7, 11) is 0. The van der Waals surface area contributed by atoms with E-state index in [2.05, 4.69) is 4.98 Å². The maximum absolute atomic E-state index is 12.5. The Hall–Kier alpha value is -1.91. The van der Waals surface area contributed by atoms with Gasteiger partial charge in [0.2, 0.25) is 5.91 Å². The van der Waals surface area contributed by atoms with Gasteiger partial charge in [-0.2, -0.15) is 0 Å². The highest BCUT2D eigenvalue weighted by atomic mass is 16.4. The number of aliphatic carboxylic acids is 1. The summed E-state index contributed by atoms with van der Waals surface area (Å²) in [6, 6.07) is 5.59. The maximum Gasteiger partial charge on any atom is 0.307 e. The Bertz CT molecular complexity index is 475. The third-order valence-corrected chi connectivity index (χ3v) is 3.92. The molecule has 1 fully saturated rings. The van der Waals surface area contributed by atoms with Crippen LogP contribution in [0, 0.1) is 11.8 Å². The lowest BCUT2D eigenvalue weighted by Crippen LogP contribution is -2.38. The molecule has 0 unspecified atom stereocenters. The van der Waals surface area contributed by atoms with Crippen LogP contribution in [0.2, 0.25) is 0 Å². The molecule has 0 saturated heterocycles. The van der Waals surface area contributed by atoms with Crippen molar-refractivity contribution < 1.29 is 14.7 Å². The minimum absolute atomic E-state index is 0.0527. The van der Waals surface area contributed by atoms with Crippen LogP contribution in [0.1, 0.15) is 31.9 Å². The Balaban J connectivity index is 2.07. The molecule has 108 valence electrons. The van der Waals surface area contributed by atoms with Crippen LogP contribution in [0.4, 0.5) is 0 Å². The number of carboxylic acids is 1. The maximum atomic E-state index is 12.5. The van der Waals surface area contributed by atoms with E-state index in [9.17, 15) is 14.7 Å². The van der Waals surface area contributed by atoms with E-state index in [1.165, 1.54) is 0 Å². The Kier molecular flexibility index (Phi) is 4.71. The van der Waals surface area contributed by atoms with Crippen LogP contribution in [0.25, 0.3) is 0 Å². The summed E-state index contributed by atoms with van der Waals surface area (Å²) in [5, 5.41) is 9.19. The second-order valence-electron chi connectivity index (χ2n) is 5.16. The van der Waals surface area contributed by atoms with Crippen molar-refractivity contribution in [3.8, 4) is 0 Å². The molecule has 1 saturated carbocycles. The Morgan fingerprint density at radius 3 is 2.70 bits per heavy atom. The van der Waals surface area contributed by atoms with E-state index in [1.807, 2.05) is 25.1 Å². The zero-order chi connectivity index (χ0) is 14.5. The predicted octanol–water partition coefficient (Wildman–Crippen LogP) is 1.93. The van der Waals surface area contributed by atoms with Gasteiger partial charge in [-0.25, -0.2) is 0 Å². The SMILES string of the molecule is CCN(Cc1ccccn1)C(=O)[C@@H]1CCC[C@@H]1C(=O)O. The van der Waals surface area contributed by atoms with E-state index in [1.54, 1.807) is 11.1 Å². The van der Waals surface area contributed by atoms with Crippen LogP contribution < -0.4 is 0 Å². The molecule has 2 rings (SSSR count). The van der Waals surface area contributed by atoms with Crippen molar-refractivity contribution >= 4 is 11.9 Å². The number of hydrogen-bond acceptors (Lipinski definition) is 3. The lowest BCUT2D eigenvalue weighted by Gasteiger charge is -2.25. The number of carbonyl (C=O) groups excluding carboxylic acids is 1. The van der Waals surface area contributed by atoms with Gasteiger partial charge in [-0.05, 0) is 31.9 Å². The zero-order valence-electron chi connectivity index (χ0n) is 11.7. The molecule has 0 spiro atoms. The minimum Gasteiger partial charge on any atom is -0.481 e. The fourth-order valence-corrected chi connectivity index (χ4v) is 2.82. The molecule has 0 radical (unpaired) electrons. The van der Waals surface area contributed by atoms with Crippen molar-refractivity contribution in [2.75, 3.05) is 6.54 Å². The van der Waals surface area contributed by atoms with Crippen LogP contribution in [0.3, 0.4) is 0 Å². The largest absolute Gasteiger partial charge is 0.481 e. The third kappa shape index (κ3) is 3.15. The summed E-state index contributed by atoms with van der Waals surface area (Å²) in [5.74, 6) is -1.81. The Labute approximate surface area is 118 Å². The van der Waals surface area contributed by atoms with Gasteiger partial charge in [0.15, 0.2) is 0 Å². The normalized spacial score (nSPS) is 21.6. The van der Waals surface area contributed by atoms with Gasteiger partial charge >= 0.3 is 5.97 Å². The molecule has 2 atom stereocenters. The van der Waals surface area contributed by atoms with Crippen LogP contribution in [-0.4, -0.2) is 33.4 Å². The van der Waals surface area contributed by atoms with Crippen LogP contribution >= 0.6 is 0 Å². The van der Waals surface area contributed by atoms with Gasteiger partial charge in [0.25, 0.3) is 0 Å². The Morgan fingerprint density at radius 2 is 2.10 bits per heavy atom. The Morgan fingerprint density at radius 1 is 1.35 bits per heavy atom. The van der Waals surface area contributed by atoms with Crippen molar-refractivity contribution in [3.05, 3.63) is 30.1 Å². The van der Waals surface area contributed by atoms with Crippen LogP contribution in [0.15, 0.2) is 24.4 Å². The first-order valence-electron chi connectivity index (χ1n) is 7.05. The molecule has 1 aliphatic carbocycles. The highest BCUT2D eigenvalue weighted by Gasteiger charge is 2.39. The van der Waals surface area contributed by atoms with Crippen molar-refractivity contribution in [3.63, 3.8) is 0 Å². The summed E-state index contributed by atoms with van der Waals surface area (Å²) in [4.78, 5) is 29.7. The topological polar surface area (TPSA) is 70.5 Å². The van der Waals surface area contributed by atoms with Gasteiger partial charge in [0, 0.05) is 12.7 Å². The summed E-state index contributed by atoms with van der Waals surface area (Å²) >= 11 is 0. The van der Waals surface area contributed by atoms with Crippen LogP contribution in [0.5, 0.6) is 0 Å². The van der Waals surface area contributed by atoms with Crippen molar-refractivity contribution in [2.45, 2.75) is 32.7 Å². The molecular weight excluding hydrogens is 256 g/mol. The molecule has 1 amide bonds. The average molecular weight is 276 g/mol. The van der Waals surface area contributed by atoms with Crippen LogP contribution in [-0.2, 0) is 16.1 Å².